The van der Waals surface area contributed by atoms with E-state index in [0.717, 1.165) is 35.4 Å². The highest BCUT2D eigenvalue weighted by Gasteiger charge is 2.37. The Labute approximate surface area is 180 Å². The summed E-state index contributed by atoms with van der Waals surface area (Å²) < 4.78 is 39.8. The number of nitrogens with one attached hydrogen (secondary N) is 1. The van der Waals surface area contributed by atoms with E-state index in [2.05, 4.69) is 32.2 Å². The average Bonchev–Trinajstić information content (AvgIpc) is 3.13. The Balaban J connectivity index is 1.45. The van der Waals surface area contributed by atoms with Crippen molar-refractivity contribution in [1.82, 2.24) is 29.8 Å². The Morgan fingerprint density at radius 2 is 1.87 bits per heavy atom. The van der Waals surface area contributed by atoms with E-state index in [9.17, 15) is 18.0 Å². The van der Waals surface area contributed by atoms with Crippen molar-refractivity contribution in [3.05, 3.63) is 22.8 Å². The molecule has 1 N–H and O–H groups in total. The van der Waals surface area contributed by atoms with Gasteiger partial charge in [0.2, 0.25) is 5.91 Å². The predicted molar refractivity (Wildman–Crippen MR) is 111 cm³/mol. The Morgan fingerprint density at radius 3 is 2.55 bits per heavy atom. The van der Waals surface area contributed by atoms with E-state index < -0.39 is 12.0 Å². The monoisotopic (exact) mass is 440 g/mol. The zero-order chi connectivity index (χ0) is 22.6. The lowest BCUT2D eigenvalue weighted by Crippen LogP contribution is -2.34. The number of amides is 1. The van der Waals surface area contributed by atoms with Gasteiger partial charge in [-0.3, -0.25) is 4.79 Å². The highest BCUT2D eigenvalue weighted by molar-refractivity contribution is 5.76. The molecule has 0 spiro atoms. The molecule has 1 saturated heterocycles. The molecule has 2 aromatic heterocycles. The summed E-state index contributed by atoms with van der Waals surface area (Å²) in [5, 5.41) is 6.47. The number of carbonyl (C=O) groups is 1. The van der Waals surface area contributed by atoms with Crippen molar-refractivity contribution in [3.63, 3.8) is 0 Å². The molecule has 1 aliphatic heterocycles. The van der Waals surface area contributed by atoms with Crippen molar-refractivity contribution in [1.29, 1.82) is 0 Å². The smallest absolute Gasteiger partial charge is 0.356 e. The molecule has 0 radical (unpaired) electrons. The molecule has 1 amide bonds. The highest BCUT2D eigenvalue weighted by Crippen LogP contribution is 2.27. The van der Waals surface area contributed by atoms with Gasteiger partial charge in [0.15, 0.2) is 0 Å². The number of unbranched alkanes of at least 4 members (excludes halogenated alkanes) is 1. The molecular weight excluding hydrogens is 409 g/mol. The van der Waals surface area contributed by atoms with Gasteiger partial charge in [-0.2, -0.15) is 18.2 Å². The van der Waals surface area contributed by atoms with Crippen molar-refractivity contribution in [2.75, 3.05) is 26.2 Å². The van der Waals surface area contributed by atoms with E-state index in [-0.39, 0.29) is 18.1 Å². The van der Waals surface area contributed by atoms with Gasteiger partial charge in [-0.15, -0.1) is 5.10 Å². The van der Waals surface area contributed by atoms with Gasteiger partial charge in [-0.25, -0.2) is 9.50 Å². The van der Waals surface area contributed by atoms with Crippen molar-refractivity contribution < 1.29 is 18.0 Å². The zero-order valence-corrected chi connectivity index (χ0v) is 18.4. The lowest BCUT2D eigenvalue weighted by atomic mass is 9.99. The van der Waals surface area contributed by atoms with Gasteiger partial charge < -0.3 is 10.2 Å². The fourth-order valence-corrected chi connectivity index (χ4v) is 3.99. The number of aryl methyl sites for hydroxylation is 2. The molecule has 0 aliphatic carbocycles. The number of carbonyl (C=O) groups excluding carboxylic acids is 1. The second-order valence-corrected chi connectivity index (χ2v) is 8.49. The van der Waals surface area contributed by atoms with Gasteiger partial charge in [0.1, 0.15) is 0 Å². The SMILES string of the molecule is Cc1nc2nc(C(F)(F)F)nn2c(C)c1CCC(=O)NCCCCN1CCC(C)CC1. The molecule has 0 saturated carbocycles. The van der Waals surface area contributed by atoms with Gasteiger partial charge in [0, 0.05) is 24.4 Å². The molecule has 2 aromatic rings. The number of fused-ring (bicyclic) bond motifs is 1. The summed E-state index contributed by atoms with van der Waals surface area (Å²) in [6.45, 7) is 9.73. The molecule has 1 aliphatic rings. The molecule has 0 atom stereocenters. The molecule has 0 aromatic carbocycles. The highest BCUT2D eigenvalue weighted by atomic mass is 19.4. The van der Waals surface area contributed by atoms with Crippen LogP contribution in [-0.2, 0) is 17.4 Å². The van der Waals surface area contributed by atoms with E-state index in [1.165, 1.54) is 25.9 Å². The van der Waals surface area contributed by atoms with Gasteiger partial charge in [0.25, 0.3) is 11.6 Å². The number of likely N-dealkylation sites (tertiary alicyclic amines) is 1. The Hall–Kier alpha value is -2.23. The molecular formula is C21H31F3N6O. The minimum absolute atomic E-state index is 0.0692. The van der Waals surface area contributed by atoms with Crippen LogP contribution < -0.4 is 5.32 Å². The van der Waals surface area contributed by atoms with Gasteiger partial charge in [-0.1, -0.05) is 6.92 Å². The van der Waals surface area contributed by atoms with Gasteiger partial charge in [-0.05, 0) is 77.1 Å². The number of rotatable bonds is 8. The summed E-state index contributed by atoms with van der Waals surface area (Å²) in [5.41, 5.74) is 1.81. The maximum Gasteiger partial charge on any atom is 0.453 e. The lowest BCUT2D eigenvalue weighted by molar-refractivity contribution is -0.144. The van der Waals surface area contributed by atoms with Crippen LogP contribution in [0.15, 0.2) is 0 Å². The van der Waals surface area contributed by atoms with Crippen LogP contribution in [0.2, 0.25) is 0 Å². The molecule has 172 valence electrons. The topological polar surface area (TPSA) is 75.4 Å². The first kappa shape index (κ1) is 23.4. The molecule has 7 nitrogen and oxygen atoms in total. The number of hydrogen-bond donors (Lipinski definition) is 1. The molecule has 0 bridgehead atoms. The summed E-state index contributed by atoms with van der Waals surface area (Å²) in [4.78, 5) is 22.3. The normalized spacial score (nSPS) is 16.2. The van der Waals surface area contributed by atoms with E-state index in [1.54, 1.807) is 13.8 Å². The number of alkyl halides is 3. The second-order valence-electron chi connectivity index (χ2n) is 8.49. The molecule has 1 fully saturated rings. The maximum atomic E-state index is 12.9. The number of aromatic nitrogens is 4. The summed E-state index contributed by atoms with van der Waals surface area (Å²) >= 11 is 0. The second kappa shape index (κ2) is 9.93. The van der Waals surface area contributed by atoms with E-state index in [0.29, 0.717) is 24.4 Å². The Morgan fingerprint density at radius 1 is 1.16 bits per heavy atom. The van der Waals surface area contributed by atoms with Crippen LogP contribution >= 0.6 is 0 Å². The molecule has 3 heterocycles. The van der Waals surface area contributed by atoms with Gasteiger partial charge >= 0.3 is 6.18 Å². The third kappa shape index (κ3) is 6.15. The van der Waals surface area contributed by atoms with E-state index >= 15 is 0 Å². The number of halogens is 3. The van der Waals surface area contributed by atoms with Crippen LogP contribution in [0.5, 0.6) is 0 Å². The number of piperidine rings is 1. The predicted octanol–water partition coefficient (Wildman–Crippen LogP) is 3.32. The van der Waals surface area contributed by atoms with E-state index in [4.69, 9.17) is 0 Å². The maximum absolute atomic E-state index is 12.9. The summed E-state index contributed by atoms with van der Waals surface area (Å²) in [5.74, 6) is -0.537. The van der Waals surface area contributed by atoms with Crippen LogP contribution in [0, 0.1) is 19.8 Å². The van der Waals surface area contributed by atoms with Crippen LogP contribution in [0.3, 0.4) is 0 Å². The molecule has 3 rings (SSSR count). The van der Waals surface area contributed by atoms with Crippen LogP contribution in [-0.4, -0.2) is 56.6 Å². The third-order valence-corrected chi connectivity index (χ3v) is 6.00. The minimum atomic E-state index is -4.62. The van der Waals surface area contributed by atoms with Crippen molar-refractivity contribution in [3.8, 4) is 0 Å². The Kier molecular flexibility index (Phi) is 7.51. The quantitative estimate of drug-likeness (QED) is 0.638. The lowest BCUT2D eigenvalue weighted by Gasteiger charge is -2.30. The first-order chi connectivity index (χ1) is 14.6. The zero-order valence-electron chi connectivity index (χ0n) is 18.4. The standard InChI is InChI=1S/C21H31F3N6O/c1-14-8-12-29(13-9-14)11-5-4-10-25-18(31)7-6-17-15(2)26-20-27-19(21(22,23)24)28-30(20)16(17)3/h14H,4-13H2,1-3H3,(H,25,31). The average molecular weight is 441 g/mol. The van der Waals surface area contributed by atoms with Crippen molar-refractivity contribution in [2.45, 2.75) is 65.5 Å². The summed E-state index contributed by atoms with van der Waals surface area (Å²) in [7, 11) is 0. The summed E-state index contributed by atoms with van der Waals surface area (Å²) in [6, 6.07) is 0. The molecule has 10 heteroatoms. The fourth-order valence-electron chi connectivity index (χ4n) is 3.99. The Bertz CT molecular complexity index is 903. The van der Waals surface area contributed by atoms with Crippen LogP contribution in [0.4, 0.5) is 13.2 Å². The number of hydrogen-bond acceptors (Lipinski definition) is 5. The molecule has 31 heavy (non-hydrogen) atoms. The minimum Gasteiger partial charge on any atom is -0.356 e. The van der Waals surface area contributed by atoms with E-state index in [1.807, 2.05) is 0 Å². The first-order valence-corrected chi connectivity index (χ1v) is 10.9. The third-order valence-electron chi connectivity index (χ3n) is 6.00. The fraction of sp³-hybridized carbons (Fsp3) is 0.714. The molecule has 0 unspecified atom stereocenters. The largest absolute Gasteiger partial charge is 0.453 e. The first-order valence-electron chi connectivity index (χ1n) is 10.9. The number of nitrogens with zero attached hydrogens (tertiary/aromatic N) is 5. The summed E-state index contributed by atoms with van der Waals surface area (Å²) in [6.07, 6.45) is 0.536. The van der Waals surface area contributed by atoms with Crippen LogP contribution in [0.25, 0.3) is 5.78 Å². The van der Waals surface area contributed by atoms with Crippen molar-refractivity contribution in [2.24, 2.45) is 5.92 Å². The van der Waals surface area contributed by atoms with Crippen LogP contribution in [0.1, 0.15) is 61.8 Å². The van der Waals surface area contributed by atoms with Gasteiger partial charge in [0.05, 0.1) is 0 Å². The van der Waals surface area contributed by atoms with Crippen molar-refractivity contribution >= 4 is 11.7 Å².